The Kier molecular flexibility index (Phi) is 2.10. The molecule has 1 aliphatic heterocycles. The van der Waals surface area contributed by atoms with Crippen LogP contribution in [0.5, 0.6) is 11.6 Å². The van der Waals surface area contributed by atoms with Crippen molar-refractivity contribution in [1.29, 1.82) is 0 Å². The van der Waals surface area contributed by atoms with Crippen LogP contribution in [0.4, 0.5) is 0 Å². The Morgan fingerprint density at radius 1 is 1.36 bits per heavy atom. The maximum atomic E-state index is 5.27. The van der Waals surface area contributed by atoms with Gasteiger partial charge in [0.05, 0.1) is 0 Å². The molecule has 0 amide bonds. The molecule has 0 aliphatic carbocycles. The fourth-order valence-electron chi connectivity index (χ4n) is 1.54. The van der Waals surface area contributed by atoms with Gasteiger partial charge in [0.25, 0.3) is 5.88 Å². The van der Waals surface area contributed by atoms with E-state index in [2.05, 4.69) is 25.8 Å². The summed E-state index contributed by atoms with van der Waals surface area (Å²) in [5.41, 5.74) is 1.47. The van der Waals surface area contributed by atoms with Gasteiger partial charge >= 0.3 is 0 Å². The Morgan fingerprint density at radius 3 is 2.86 bits per heavy atom. The summed E-state index contributed by atoms with van der Waals surface area (Å²) in [5.74, 6) is 1.38. The van der Waals surface area contributed by atoms with Crippen molar-refractivity contribution < 1.29 is 9.47 Å². The largest absolute Gasteiger partial charge is 0.452 e. The first-order chi connectivity index (χ1) is 6.54. The predicted molar refractivity (Wildman–Crippen MR) is 53.5 cm³/mol. The molecule has 1 aliphatic rings. The Balaban J connectivity index is 2.21. The lowest BCUT2D eigenvalue weighted by atomic mass is 9.89. The SMILES string of the molecule is CC(C)(C)Cc1cnc2c(c1)OCO2. The molecule has 2 rings (SSSR count). The molecule has 0 N–H and O–H groups in total. The molecular weight excluding hydrogens is 178 g/mol. The molecule has 3 nitrogen and oxygen atoms in total. The molecule has 14 heavy (non-hydrogen) atoms. The Labute approximate surface area is 84.1 Å². The molecule has 76 valence electrons. The molecule has 0 saturated heterocycles. The lowest BCUT2D eigenvalue weighted by Gasteiger charge is -2.17. The highest BCUT2D eigenvalue weighted by Gasteiger charge is 2.17. The van der Waals surface area contributed by atoms with Crippen LogP contribution < -0.4 is 9.47 Å². The molecule has 0 atom stereocenters. The highest BCUT2D eigenvalue weighted by molar-refractivity contribution is 5.38. The van der Waals surface area contributed by atoms with Crippen LogP contribution in [0, 0.1) is 5.41 Å². The van der Waals surface area contributed by atoms with Crippen LogP contribution in [-0.4, -0.2) is 11.8 Å². The van der Waals surface area contributed by atoms with Crippen LogP contribution in [0.1, 0.15) is 26.3 Å². The second-order valence-corrected chi connectivity index (χ2v) is 4.79. The summed E-state index contributed by atoms with van der Waals surface area (Å²) in [6, 6.07) is 2.01. The zero-order valence-corrected chi connectivity index (χ0v) is 8.83. The van der Waals surface area contributed by atoms with E-state index in [-0.39, 0.29) is 5.41 Å². The van der Waals surface area contributed by atoms with Gasteiger partial charge in [0, 0.05) is 6.20 Å². The lowest BCUT2D eigenvalue weighted by molar-refractivity contribution is 0.171. The van der Waals surface area contributed by atoms with Gasteiger partial charge in [-0.05, 0) is 23.5 Å². The third kappa shape index (κ3) is 1.97. The second kappa shape index (κ2) is 3.15. The first kappa shape index (κ1) is 9.31. The van der Waals surface area contributed by atoms with E-state index in [1.54, 1.807) is 0 Å². The summed E-state index contributed by atoms with van der Waals surface area (Å²) in [6.07, 6.45) is 2.86. The summed E-state index contributed by atoms with van der Waals surface area (Å²) >= 11 is 0. The Bertz CT molecular complexity index is 342. The standard InChI is InChI=1S/C11H15NO2/c1-11(2,3)5-8-4-9-10(12-6-8)14-7-13-9/h4,6H,5,7H2,1-3H3. The summed E-state index contributed by atoms with van der Waals surface area (Å²) in [5, 5.41) is 0. The van der Waals surface area contributed by atoms with E-state index in [0.717, 1.165) is 12.2 Å². The van der Waals surface area contributed by atoms with Crippen molar-refractivity contribution in [2.75, 3.05) is 6.79 Å². The summed E-state index contributed by atoms with van der Waals surface area (Å²) in [4.78, 5) is 4.20. The Morgan fingerprint density at radius 2 is 2.14 bits per heavy atom. The van der Waals surface area contributed by atoms with Gasteiger partial charge in [-0.15, -0.1) is 0 Å². The molecule has 0 radical (unpaired) electrons. The number of rotatable bonds is 1. The monoisotopic (exact) mass is 193 g/mol. The van der Waals surface area contributed by atoms with E-state index in [1.807, 2.05) is 12.3 Å². The minimum Gasteiger partial charge on any atom is -0.452 e. The molecule has 0 fully saturated rings. The first-order valence-electron chi connectivity index (χ1n) is 4.79. The van der Waals surface area contributed by atoms with Crippen molar-refractivity contribution in [3.63, 3.8) is 0 Å². The summed E-state index contributed by atoms with van der Waals surface area (Å²) < 4.78 is 10.4. The van der Waals surface area contributed by atoms with Crippen molar-refractivity contribution in [1.82, 2.24) is 4.98 Å². The van der Waals surface area contributed by atoms with Crippen LogP contribution in [-0.2, 0) is 6.42 Å². The highest BCUT2D eigenvalue weighted by Crippen LogP contribution is 2.31. The molecule has 0 unspecified atom stereocenters. The van der Waals surface area contributed by atoms with E-state index < -0.39 is 0 Å². The number of aromatic nitrogens is 1. The average molecular weight is 193 g/mol. The molecular formula is C11H15NO2. The second-order valence-electron chi connectivity index (χ2n) is 4.79. The van der Waals surface area contributed by atoms with Crippen molar-refractivity contribution in [2.45, 2.75) is 27.2 Å². The quantitative estimate of drug-likeness (QED) is 0.686. The number of pyridine rings is 1. The van der Waals surface area contributed by atoms with Crippen LogP contribution in [0.25, 0.3) is 0 Å². The van der Waals surface area contributed by atoms with Gasteiger partial charge in [-0.3, -0.25) is 0 Å². The number of nitrogens with zero attached hydrogens (tertiary/aromatic N) is 1. The molecule has 0 spiro atoms. The number of ether oxygens (including phenoxy) is 2. The molecule has 3 heteroatoms. The Hall–Kier alpha value is -1.25. The highest BCUT2D eigenvalue weighted by atomic mass is 16.7. The minimum absolute atomic E-state index is 0.273. The molecule has 0 saturated carbocycles. The first-order valence-corrected chi connectivity index (χ1v) is 4.79. The number of hydrogen-bond acceptors (Lipinski definition) is 3. The van der Waals surface area contributed by atoms with E-state index in [0.29, 0.717) is 12.7 Å². The summed E-state index contributed by atoms with van der Waals surface area (Å²) in [7, 11) is 0. The van der Waals surface area contributed by atoms with Crippen molar-refractivity contribution in [3.05, 3.63) is 17.8 Å². The van der Waals surface area contributed by atoms with E-state index in [4.69, 9.17) is 9.47 Å². The van der Waals surface area contributed by atoms with Crippen molar-refractivity contribution in [2.24, 2.45) is 5.41 Å². The van der Waals surface area contributed by atoms with Crippen LogP contribution in [0.3, 0.4) is 0 Å². The van der Waals surface area contributed by atoms with Crippen molar-refractivity contribution in [3.8, 4) is 11.6 Å². The van der Waals surface area contributed by atoms with Crippen LogP contribution in [0.2, 0.25) is 0 Å². The zero-order valence-electron chi connectivity index (χ0n) is 8.83. The van der Waals surface area contributed by atoms with Gasteiger partial charge in [-0.25, -0.2) is 4.98 Å². The maximum Gasteiger partial charge on any atom is 0.260 e. The van der Waals surface area contributed by atoms with E-state index >= 15 is 0 Å². The maximum absolute atomic E-state index is 5.27. The normalized spacial score (nSPS) is 14.5. The molecule has 1 aromatic heterocycles. The number of hydrogen-bond donors (Lipinski definition) is 0. The van der Waals surface area contributed by atoms with E-state index in [9.17, 15) is 0 Å². The van der Waals surface area contributed by atoms with Gasteiger partial charge < -0.3 is 9.47 Å². The minimum atomic E-state index is 0.273. The zero-order chi connectivity index (χ0) is 10.2. The molecule has 1 aromatic rings. The lowest BCUT2D eigenvalue weighted by Crippen LogP contribution is -2.09. The van der Waals surface area contributed by atoms with Crippen LogP contribution in [0.15, 0.2) is 12.3 Å². The average Bonchev–Trinajstić information content (AvgIpc) is 2.47. The fraction of sp³-hybridized carbons (Fsp3) is 0.545. The third-order valence-corrected chi connectivity index (χ3v) is 2.02. The molecule has 0 bridgehead atoms. The van der Waals surface area contributed by atoms with Gasteiger partial charge in [0.15, 0.2) is 5.75 Å². The molecule has 2 heterocycles. The van der Waals surface area contributed by atoms with E-state index in [1.165, 1.54) is 5.56 Å². The third-order valence-electron chi connectivity index (χ3n) is 2.02. The van der Waals surface area contributed by atoms with Crippen molar-refractivity contribution >= 4 is 0 Å². The molecule has 0 aromatic carbocycles. The topological polar surface area (TPSA) is 31.4 Å². The van der Waals surface area contributed by atoms with Gasteiger partial charge in [-0.2, -0.15) is 0 Å². The van der Waals surface area contributed by atoms with Crippen LogP contribution >= 0.6 is 0 Å². The predicted octanol–water partition coefficient (Wildman–Crippen LogP) is 2.40. The summed E-state index contributed by atoms with van der Waals surface area (Å²) in [6.45, 7) is 6.91. The number of fused-ring (bicyclic) bond motifs is 1. The fourth-order valence-corrected chi connectivity index (χ4v) is 1.54. The van der Waals surface area contributed by atoms with Gasteiger partial charge in [0.1, 0.15) is 0 Å². The van der Waals surface area contributed by atoms with Gasteiger partial charge in [0.2, 0.25) is 6.79 Å². The smallest absolute Gasteiger partial charge is 0.260 e. The van der Waals surface area contributed by atoms with Gasteiger partial charge in [-0.1, -0.05) is 20.8 Å².